The third-order valence-electron chi connectivity index (χ3n) is 4.98. The van der Waals surface area contributed by atoms with Gasteiger partial charge in [-0.2, -0.15) is 0 Å². The Morgan fingerprint density at radius 2 is 1.78 bits per heavy atom. The lowest BCUT2D eigenvalue weighted by Gasteiger charge is -2.46. The molecule has 2 unspecified atom stereocenters. The summed E-state index contributed by atoms with van der Waals surface area (Å²) in [5.74, 6) is 0. The maximum absolute atomic E-state index is 11.2. The van der Waals surface area contributed by atoms with E-state index in [2.05, 4.69) is 59.6 Å². The van der Waals surface area contributed by atoms with Gasteiger partial charge in [-0.05, 0) is 30.9 Å². The molecule has 1 saturated heterocycles. The van der Waals surface area contributed by atoms with Crippen molar-refractivity contribution in [1.29, 1.82) is 0 Å². The van der Waals surface area contributed by atoms with Crippen LogP contribution in [0.1, 0.15) is 30.9 Å². The minimum atomic E-state index is -0.240. The van der Waals surface area contributed by atoms with Crippen molar-refractivity contribution < 1.29 is 4.79 Å². The van der Waals surface area contributed by atoms with E-state index in [4.69, 9.17) is 0 Å². The number of carbonyl (C=O) groups excluding carboxylic acids is 1. The Balaban J connectivity index is 1.76. The molecule has 3 nitrogen and oxygen atoms in total. The Morgan fingerprint density at radius 1 is 1.13 bits per heavy atom. The van der Waals surface area contributed by atoms with Gasteiger partial charge in [0.05, 0.1) is 5.54 Å². The molecule has 3 heteroatoms. The van der Waals surface area contributed by atoms with Crippen LogP contribution in [0.3, 0.4) is 0 Å². The summed E-state index contributed by atoms with van der Waals surface area (Å²) in [4.78, 5) is 13.7. The number of amides is 1. The summed E-state index contributed by atoms with van der Waals surface area (Å²) in [6, 6.07) is 21.4. The first-order valence-corrected chi connectivity index (χ1v) is 8.28. The zero-order valence-electron chi connectivity index (χ0n) is 13.6. The molecule has 2 aromatic rings. The van der Waals surface area contributed by atoms with Gasteiger partial charge in [-0.3, -0.25) is 9.69 Å². The minimum absolute atomic E-state index is 0.240. The number of hydrogen-bond donors (Lipinski definition) is 1. The topological polar surface area (TPSA) is 32.3 Å². The second kappa shape index (κ2) is 6.97. The minimum Gasteiger partial charge on any atom is -0.349 e. The molecular formula is C20H24N2O. The van der Waals surface area contributed by atoms with Crippen LogP contribution >= 0.6 is 0 Å². The smallest absolute Gasteiger partial charge is 0.207 e. The van der Waals surface area contributed by atoms with E-state index in [-0.39, 0.29) is 5.54 Å². The van der Waals surface area contributed by atoms with E-state index < -0.39 is 0 Å². The standard InChI is InChI=1S/C20H24N2O/c1-17-14-20(21-16-23,19-10-6-3-7-11-19)12-13-22(17)15-18-8-4-2-5-9-18/h2-11,16-17H,12-15H2,1H3,(H,21,23). The van der Waals surface area contributed by atoms with Crippen LogP contribution in [0.15, 0.2) is 60.7 Å². The zero-order valence-corrected chi connectivity index (χ0v) is 13.6. The highest BCUT2D eigenvalue weighted by Gasteiger charge is 2.39. The third kappa shape index (κ3) is 3.45. The van der Waals surface area contributed by atoms with E-state index in [1.807, 2.05) is 18.2 Å². The van der Waals surface area contributed by atoms with Gasteiger partial charge in [0.25, 0.3) is 0 Å². The molecular weight excluding hydrogens is 284 g/mol. The molecule has 1 heterocycles. The second-order valence-electron chi connectivity index (χ2n) is 6.47. The molecule has 0 aliphatic carbocycles. The van der Waals surface area contributed by atoms with Gasteiger partial charge >= 0.3 is 0 Å². The summed E-state index contributed by atoms with van der Waals surface area (Å²) in [5.41, 5.74) is 2.31. The van der Waals surface area contributed by atoms with Crippen molar-refractivity contribution in [2.45, 2.75) is 37.9 Å². The third-order valence-corrected chi connectivity index (χ3v) is 4.98. The van der Waals surface area contributed by atoms with Gasteiger partial charge in [0.2, 0.25) is 6.41 Å². The molecule has 2 atom stereocenters. The van der Waals surface area contributed by atoms with Gasteiger partial charge in [-0.25, -0.2) is 0 Å². The van der Waals surface area contributed by atoms with E-state index in [1.54, 1.807) is 0 Å². The van der Waals surface area contributed by atoms with Gasteiger partial charge in [0.1, 0.15) is 0 Å². The number of nitrogens with one attached hydrogen (secondary N) is 1. The molecule has 0 bridgehead atoms. The average Bonchev–Trinajstić information content (AvgIpc) is 2.59. The molecule has 3 rings (SSSR count). The van der Waals surface area contributed by atoms with E-state index >= 15 is 0 Å². The lowest BCUT2D eigenvalue weighted by atomic mass is 9.78. The summed E-state index contributed by atoms with van der Waals surface area (Å²) in [6.45, 7) is 4.20. The van der Waals surface area contributed by atoms with Crippen molar-refractivity contribution in [3.8, 4) is 0 Å². The van der Waals surface area contributed by atoms with E-state index in [1.165, 1.54) is 11.1 Å². The number of rotatable bonds is 5. The van der Waals surface area contributed by atoms with Crippen LogP contribution in [0.25, 0.3) is 0 Å². The van der Waals surface area contributed by atoms with E-state index in [0.717, 1.165) is 32.3 Å². The fourth-order valence-electron chi connectivity index (χ4n) is 3.69. The van der Waals surface area contributed by atoms with Crippen molar-refractivity contribution in [3.63, 3.8) is 0 Å². The number of carbonyl (C=O) groups is 1. The Morgan fingerprint density at radius 3 is 2.39 bits per heavy atom. The highest BCUT2D eigenvalue weighted by atomic mass is 16.1. The predicted octanol–water partition coefficient (Wildman–Crippen LogP) is 3.31. The molecule has 1 fully saturated rings. The Hall–Kier alpha value is -2.13. The van der Waals surface area contributed by atoms with Gasteiger partial charge in [0.15, 0.2) is 0 Å². The molecule has 120 valence electrons. The van der Waals surface area contributed by atoms with Gasteiger partial charge in [-0.1, -0.05) is 60.7 Å². The van der Waals surface area contributed by atoms with Gasteiger partial charge < -0.3 is 5.32 Å². The number of benzene rings is 2. The number of nitrogens with zero attached hydrogens (tertiary/aromatic N) is 1. The summed E-state index contributed by atoms with van der Waals surface area (Å²) >= 11 is 0. The van der Waals surface area contributed by atoms with Gasteiger partial charge in [0, 0.05) is 19.1 Å². The van der Waals surface area contributed by atoms with Crippen molar-refractivity contribution >= 4 is 6.41 Å². The van der Waals surface area contributed by atoms with E-state index in [9.17, 15) is 4.79 Å². The SMILES string of the molecule is CC1CC(NC=O)(c2ccccc2)CCN1Cc1ccccc1. The van der Waals surface area contributed by atoms with Crippen LogP contribution in [0.4, 0.5) is 0 Å². The van der Waals surface area contributed by atoms with Crippen molar-refractivity contribution in [2.75, 3.05) is 6.54 Å². The quantitative estimate of drug-likeness (QED) is 0.860. The van der Waals surface area contributed by atoms with E-state index in [0.29, 0.717) is 6.04 Å². The first-order chi connectivity index (χ1) is 11.2. The summed E-state index contributed by atoms with van der Waals surface area (Å²) < 4.78 is 0. The molecule has 1 aliphatic rings. The summed E-state index contributed by atoms with van der Waals surface area (Å²) in [5, 5.41) is 3.12. The maximum Gasteiger partial charge on any atom is 0.207 e. The molecule has 0 radical (unpaired) electrons. The molecule has 0 spiro atoms. The lowest BCUT2D eigenvalue weighted by molar-refractivity contribution is -0.112. The number of hydrogen-bond acceptors (Lipinski definition) is 2. The van der Waals surface area contributed by atoms with Crippen molar-refractivity contribution in [1.82, 2.24) is 10.2 Å². The number of likely N-dealkylation sites (tertiary alicyclic amines) is 1. The molecule has 1 N–H and O–H groups in total. The summed E-state index contributed by atoms with van der Waals surface area (Å²) in [6.07, 6.45) is 2.72. The fourth-order valence-corrected chi connectivity index (χ4v) is 3.69. The Bertz CT molecular complexity index is 629. The van der Waals surface area contributed by atoms with Crippen molar-refractivity contribution in [2.24, 2.45) is 0 Å². The van der Waals surface area contributed by atoms with Crippen LogP contribution in [-0.4, -0.2) is 23.9 Å². The number of piperidine rings is 1. The highest BCUT2D eigenvalue weighted by Crippen LogP contribution is 2.36. The predicted molar refractivity (Wildman–Crippen MR) is 92.9 cm³/mol. The van der Waals surface area contributed by atoms with Crippen LogP contribution in [0.2, 0.25) is 0 Å². The molecule has 2 aromatic carbocycles. The van der Waals surface area contributed by atoms with Crippen LogP contribution < -0.4 is 5.32 Å². The largest absolute Gasteiger partial charge is 0.349 e. The first kappa shape index (κ1) is 15.8. The van der Waals surface area contributed by atoms with Crippen LogP contribution in [-0.2, 0) is 16.9 Å². The second-order valence-corrected chi connectivity index (χ2v) is 6.47. The Labute approximate surface area is 138 Å². The van der Waals surface area contributed by atoms with Crippen LogP contribution in [0.5, 0.6) is 0 Å². The fraction of sp³-hybridized carbons (Fsp3) is 0.350. The molecule has 0 aromatic heterocycles. The highest BCUT2D eigenvalue weighted by molar-refractivity contribution is 5.50. The van der Waals surface area contributed by atoms with Gasteiger partial charge in [-0.15, -0.1) is 0 Å². The zero-order chi connectivity index (χ0) is 16.1. The Kier molecular flexibility index (Phi) is 4.77. The molecule has 1 amide bonds. The first-order valence-electron chi connectivity index (χ1n) is 8.28. The molecule has 23 heavy (non-hydrogen) atoms. The molecule has 0 saturated carbocycles. The lowest BCUT2D eigenvalue weighted by Crippen LogP contribution is -2.53. The summed E-state index contributed by atoms with van der Waals surface area (Å²) in [7, 11) is 0. The normalized spacial score (nSPS) is 25.0. The van der Waals surface area contributed by atoms with Crippen LogP contribution in [0, 0.1) is 0 Å². The monoisotopic (exact) mass is 308 g/mol. The maximum atomic E-state index is 11.2. The molecule has 1 aliphatic heterocycles. The van der Waals surface area contributed by atoms with Crippen molar-refractivity contribution in [3.05, 3.63) is 71.8 Å². The average molecular weight is 308 g/mol.